The Morgan fingerprint density at radius 2 is 2.47 bits per heavy atom. The van der Waals surface area contributed by atoms with Crippen LogP contribution in [0.2, 0.25) is 0 Å². The van der Waals surface area contributed by atoms with Crippen LogP contribution < -0.4 is 5.32 Å². The molecule has 0 fully saturated rings. The lowest BCUT2D eigenvalue weighted by Gasteiger charge is -2.03. The first kappa shape index (κ1) is 11.6. The molecule has 1 aromatic rings. The number of nitrogens with zero attached hydrogens (tertiary/aromatic N) is 2. The maximum absolute atomic E-state index is 11.0. The van der Waals surface area contributed by atoms with Crippen molar-refractivity contribution in [3.63, 3.8) is 0 Å². The molecule has 5 nitrogen and oxygen atoms in total. The van der Waals surface area contributed by atoms with Gasteiger partial charge in [0.1, 0.15) is 6.33 Å². The van der Waals surface area contributed by atoms with E-state index in [-0.39, 0.29) is 5.97 Å². The Labute approximate surface area is 88.9 Å². The van der Waals surface area contributed by atoms with Crippen molar-refractivity contribution < 1.29 is 9.53 Å². The highest BCUT2D eigenvalue weighted by atomic mass is 16.5. The van der Waals surface area contributed by atoms with Crippen LogP contribution >= 0.6 is 0 Å². The van der Waals surface area contributed by atoms with Crippen molar-refractivity contribution in [2.45, 2.75) is 19.9 Å². The normalized spacial score (nSPS) is 9.93. The fourth-order valence-corrected chi connectivity index (χ4v) is 1.06. The molecule has 1 aromatic heterocycles. The van der Waals surface area contributed by atoms with Crippen LogP contribution in [0.3, 0.4) is 0 Å². The molecule has 0 saturated carbocycles. The van der Waals surface area contributed by atoms with Crippen molar-refractivity contribution in [2.24, 2.45) is 0 Å². The van der Waals surface area contributed by atoms with Crippen LogP contribution in [0.15, 0.2) is 18.6 Å². The first-order valence-corrected chi connectivity index (χ1v) is 4.94. The van der Waals surface area contributed by atoms with Gasteiger partial charge < -0.3 is 10.1 Å². The fourth-order valence-electron chi connectivity index (χ4n) is 1.06. The van der Waals surface area contributed by atoms with Gasteiger partial charge in [0.25, 0.3) is 0 Å². The summed E-state index contributed by atoms with van der Waals surface area (Å²) < 4.78 is 4.79. The Hall–Kier alpha value is -1.49. The number of rotatable bonds is 6. The smallest absolute Gasteiger partial charge is 0.307 e. The van der Waals surface area contributed by atoms with E-state index >= 15 is 0 Å². The zero-order valence-corrected chi connectivity index (χ0v) is 8.77. The summed E-state index contributed by atoms with van der Waals surface area (Å²) in [4.78, 5) is 18.8. The van der Waals surface area contributed by atoms with Crippen LogP contribution in [0.25, 0.3) is 0 Å². The van der Waals surface area contributed by atoms with Gasteiger partial charge in [0.2, 0.25) is 0 Å². The Kier molecular flexibility index (Phi) is 5.32. The van der Waals surface area contributed by atoms with Crippen LogP contribution in [0.5, 0.6) is 0 Å². The van der Waals surface area contributed by atoms with Gasteiger partial charge in [-0.2, -0.15) is 0 Å². The highest BCUT2D eigenvalue weighted by Crippen LogP contribution is 1.90. The summed E-state index contributed by atoms with van der Waals surface area (Å²) in [5, 5.41) is 3.10. The lowest BCUT2D eigenvalue weighted by molar-refractivity contribution is -0.142. The third kappa shape index (κ3) is 5.07. The minimum atomic E-state index is -0.173. The van der Waals surface area contributed by atoms with Gasteiger partial charge in [0.05, 0.1) is 18.7 Å². The van der Waals surface area contributed by atoms with E-state index in [4.69, 9.17) is 4.74 Å². The zero-order valence-electron chi connectivity index (χ0n) is 8.77. The third-order valence-electron chi connectivity index (χ3n) is 1.76. The van der Waals surface area contributed by atoms with E-state index in [1.54, 1.807) is 13.1 Å². The molecule has 1 rings (SSSR count). The molecule has 0 atom stereocenters. The summed E-state index contributed by atoms with van der Waals surface area (Å²) in [7, 11) is 0. The van der Waals surface area contributed by atoms with Crippen LogP contribution in [0, 0.1) is 0 Å². The monoisotopic (exact) mass is 209 g/mol. The molecular formula is C10H15N3O2. The summed E-state index contributed by atoms with van der Waals surface area (Å²) >= 11 is 0. The first-order valence-electron chi connectivity index (χ1n) is 4.94. The van der Waals surface area contributed by atoms with Crippen LogP contribution in [0.1, 0.15) is 19.0 Å². The van der Waals surface area contributed by atoms with Crippen molar-refractivity contribution in [2.75, 3.05) is 13.2 Å². The number of nitrogens with one attached hydrogen (secondary N) is 1. The van der Waals surface area contributed by atoms with E-state index in [9.17, 15) is 4.79 Å². The molecule has 1 N–H and O–H groups in total. The number of carbonyl (C=O) groups is 1. The molecule has 0 radical (unpaired) electrons. The predicted octanol–water partition coefficient (Wildman–Crippen LogP) is 0.519. The van der Waals surface area contributed by atoms with Gasteiger partial charge in [0.15, 0.2) is 0 Å². The van der Waals surface area contributed by atoms with Crippen molar-refractivity contribution in [3.8, 4) is 0 Å². The van der Waals surface area contributed by atoms with Gasteiger partial charge >= 0.3 is 5.97 Å². The van der Waals surface area contributed by atoms with Crippen molar-refractivity contribution in [1.82, 2.24) is 15.3 Å². The number of esters is 1. The molecule has 0 spiro atoms. The molecule has 0 aliphatic carbocycles. The SMILES string of the molecule is CCOC(=O)CCNCc1ccncn1. The lowest BCUT2D eigenvalue weighted by Crippen LogP contribution is -2.19. The van der Waals surface area contributed by atoms with E-state index in [1.807, 2.05) is 6.07 Å². The number of hydrogen-bond acceptors (Lipinski definition) is 5. The Balaban J connectivity index is 2.10. The minimum absolute atomic E-state index is 0.173. The molecule has 0 amide bonds. The van der Waals surface area contributed by atoms with Crippen LogP contribution in [-0.2, 0) is 16.1 Å². The van der Waals surface area contributed by atoms with Crippen LogP contribution in [-0.4, -0.2) is 29.1 Å². The van der Waals surface area contributed by atoms with E-state index < -0.39 is 0 Å². The standard InChI is InChI=1S/C10H15N3O2/c1-2-15-10(14)4-6-11-7-9-3-5-12-8-13-9/h3,5,8,11H,2,4,6-7H2,1H3. The number of hydrogen-bond donors (Lipinski definition) is 1. The van der Waals surface area contributed by atoms with Crippen molar-refractivity contribution >= 4 is 5.97 Å². The molecule has 5 heteroatoms. The lowest BCUT2D eigenvalue weighted by atomic mass is 10.4. The van der Waals surface area contributed by atoms with Gasteiger partial charge in [0, 0.05) is 19.3 Å². The molecule has 82 valence electrons. The fraction of sp³-hybridized carbons (Fsp3) is 0.500. The summed E-state index contributed by atoms with van der Waals surface area (Å²) in [5.74, 6) is -0.173. The summed E-state index contributed by atoms with van der Waals surface area (Å²) in [6, 6.07) is 1.83. The second-order valence-electron chi connectivity index (χ2n) is 2.93. The van der Waals surface area contributed by atoms with Gasteiger partial charge in [-0.3, -0.25) is 4.79 Å². The van der Waals surface area contributed by atoms with E-state index in [0.29, 0.717) is 26.1 Å². The van der Waals surface area contributed by atoms with Gasteiger partial charge in [-0.1, -0.05) is 0 Å². The molecule has 1 heterocycles. The number of carbonyl (C=O) groups excluding carboxylic acids is 1. The molecule has 15 heavy (non-hydrogen) atoms. The molecule has 0 aliphatic heterocycles. The zero-order chi connectivity index (χ0) is 10.9. The molecule has 0 bridgehead atoms. The Bertz CT molecular complexity index is 290. The molecule has 0 unspecified atom stereocenters. The number of ether oxygens (including phenoxy) is 1. The summed E-state index contributed by atoms with van der Waals surface area (Å²) in [5.41, 5.74) is 0.911. The maximum Gasteiger partial charge on any atom is 0.307 e. The average molecular weight is 209 g/mol. The largest absolute Gasteiger partial charge is 0.466 e. The first-order chi connectivity index (χ1) is 7.33. The minimum Gasteiger partial charge on any atom is -0.466 e. The number of aromatic nitrogens is 2. The van der Waals surface area contributed by atoms with E-state index in [2.05, 4.69) is 15.3 Å². The molecule has 0 aliphatic rings. The molecule has 0 aromatic carbocycles. The van der Waals surface area contributed by atoms with Gasteiger partial charge in [-0.25, -0.2) is 9.97 Å². The quantitative estimate of drug-likeness (QED) is 0.546. The highest BCUT2D eigenvalue weighted by molar-refractivity contribution is 5.69. The second kappa shape index (κ2) is 6.89. The van der Waals surface area contributed by atoms with Crippen molar-refractivity contribution in [1.29, 1.82) is 0 Å². The molecule has 0 saturated heterocycles. The topological polar surface area (TPSA) is 64.1 Å². The van der Waals surface area contributed by atoms with E-state index in [0.717, 1.165) is 5.69 Å². The predicted molar refractivity (Wildman–Crippen MR) is 55.0 cm³/mol. The van der Waals surface area contributed by atoms with E-state index in [1.165, 1.54) is 6.33 Å². The van der Waals surface area contributed by atoms with Crippen molar-refractivity contribution in [3.05, 3.63) is 24.3 Å². The Morgan fingerprint density at radius 3 is 3.13 bits per heavy atom. The average Bonchev–Trinajstić information content (AvgIpc) is 2.26. The maximum atomic E-state index is 11.0. The summed E-state index contributed by atoms with van der Waals surface area (Å²) in [6.07, 6.45) is 3.58. The third-order valence-corrected chi connectivity index (χ3v) is 1.76. The van der Waals surface area contributed by atoms with Gasteiger partial charge in [-0.15, -0.1) is 0 Å². The summed E-state index contributed by atoms with van der Waals surface area (Å²) in [6.45, 7) is 3.47. The van der Waals surface area contributed by atoms with Gasteiger partial charge in [-0.05, 0) is 13.0 Å². The second-order valence-corrected chi connectivity index (χ2v) is 2.93. The molecular weight excluding hydrogens is 194 g/mol. The highest BCUT2D eigenvalue weighted by Gasteiger charge is 2.00. The Morgan fingerprint density at radius 1 is 1.60 bits per heavy atom. The van der Waals surface area contributed by atoms with Crippen LogP contribution in [0.4, 0.5) is 0 Å².